The van der Waals surface area contributed by atoms with Gasteiger partial charge in [0.25, 0.3) is 5.91 Å². The number of carbonyl (C=O) groups is 1. The molecule has 0 heterocycles. The van der Waals surface area contributed by atoms with E-state index < -0.39 is 0 Å². The second-order valence-electron chi connectivity index (χ2n) is 4.16. The fourth-order valence-electron chi connectivity index (χ4n) is 1.63. The third-order valence-electron chi connectivity index (χ3n) is 2.70. The zero-order valence-corrected chi connectivity index (χ0v) is 10.3. The Morgan fingerprint density at radius 3 is 2.17 bits per heavy atom. The van der Waals surface area contributed by atoms with Crippen LogP contribution in [0.2, 0.25) is 0 Å². The molecule has 0 aliphatic heterocycles. The van der Waals surface area contributed by atoms with Crippen molar-refractivity contribution in [1.82, 2.24) is 5.32 Å². The van der Waals surface area contributed by atoms with Crippen LogP contribution >= 0.6 is 0 Å². The number of amides is 1. The van der Waals surface area contributed by atoms with E-state index >= 15 is 0 Å². The minimum atomic E-state index is -0.135. The summed E-state index contributed by atoms with van der Waals surface area (Å²) in [5, 5.41) is 2.80. The Balaban J connectivity index is 2.08. The predicted molar refractivity (Wildman–Crippen MR) is 74.1 cm³/mol. The normalized spacial score (nSPS) is 9.83. The van der Waals surface area contributed by atoms with Crippen LogP contribution in [0.3, 0.4) is 0 Å². The molecule has 0 aliphatic carbocycles. The van der Waals surface area contributed by atoms with Crippen LogP contribution in [0.15, 0.2) is 61.2 Å². The first-order chi connectivity index (χ1) is 8.66. The van der Waals surface area contributed by atoms with Crippen LogP contribution in [0.1, 0.15) is 21.5 Å². The molecule has 0 fully saturated rings. The molecule has 0 aromatic heterocycles. The molecule has 90 valence electrons. The highest BCUT2D eigenvalue weighted by Crippen LogP contribution is 2.10. The van der Waals surface area contributed by atoms with Gasteiger partial charge in [0.1, 0.15) is 0 Å². The molecule has 0 atom stereocenters. The molecule has 2 aromatic carbocycles. The lowest BCUT2D eigenvalue weighted by atomic mass is 10.1. The lowest BCUT2D eigenvalue weighted by Crippen LogP contribution is -2.21. The van der Waals surface area contributed by atoms with Gasteiger partial charge in [-0.25, -0.2) is 0 Å². The van der Waals surface area contributed by atoms with E-state index in [2.05, 4.69) is 11.9 Å². The summed E-state index contributed by atoms with van der Waals surface area (Å²) in [7, 11) is 0. The van der Waals surface area contributed by atoms with E-state index in [-0.39, 0.29) is 5.91 Å². The van der Waals surface area contributed by atoms with Crippen molar-refractivity contribution in [3.8, 4) is 0 Å². The van der Waals surface area contributed by atoms with Gasteiger partial charge in [0.15, 0.2) is 0 Å². The fourth-order valence-corrected chi connectivity index (χ4v) is 1.63. The molecule has 2 aromatic rings. The van der Waals surface area contributed by atoms with Crippen molar-refractivity contribution in [2.75, 3.05) is 0 Å². The lowest BCUT2D eigenvalue weighted by molar-refractivity contribution is 0.0974. The Bertz CT molecular complexity index is 555. The van der Waals surface area contributed by atoms with E-state index in [9.17, 15) is 4.79 Å². The van der Waals surface area contributed by atoms with Gasteiger partial charge in [-0.05, 0) is 24.6 Å². The van der Waals surface area contributed by atoms with Crippen molar-refractivity contribution in [2.45, 2.75) is 6.92 Å². The average Bonchev–Trinajstić information content (AvgIpc) is 2.40. The van der Waals surface area contributed by atoms with E-state index in [0.717, 1.165) is 11.1 Å². The molecule has 1 amide bonds. The van der Waals surface area contributed by atoms with Crippen LogP contribution in [0.5, 0.6) is 0 Å². The number of benzene rings is 2. The number of carbonyl (C=O) groups excluding carboxylic acids is 1. The van der Waals surface area contributed by atoms with Crippen molar-refractivity contribution in [1.29, 1.82) is 0 Å². The van der Waals surface area contributed by atoms with Gasteiger partial charge in [-0.1, -0.05) is 54.6 Å². The molecule has 0 saturated heterocycles. The highest BCUT2D eigenvalue weighted by Gasteiger charge is 2.07. The van der Waals surface area contributed by atoms with Gasteiger partial charge < -0.3 is 5.32 Å². The quantitative estimate of drug-likeness (QED) is 0.871. The van der Waals surface area contributed by atoms with Gasteiger partial charge >= 0.3 is 0 Å². The molecule has 2 nitrogen and oxygen atoms in total. The summed E-state index contributed by atoms with van der Waals surface area (Å²) < 4.78 is 0. The van der Waals surface area contributed by atoms with E-state index in [1.54, 1.807) is 0 Å². The van der Waals surface area contributed by atoms with E-state index in [1.165, 1.54) is 0 Å². The molecule has 1 N–H and O–H groups in total. The van der Waals surface area contributed by atoms with Gasteiger partial charge in [0, 0.05) is 11.3 Å². The Hall–Kier alpha value is -2.35. The number of hydrogen-bond donors (Lipinski definition) is 1. The van der Waals surface area contributed by atoms with Crippen molar-refractivity contribution >= 4 is 11.6 Å². The summed E-state index contributed by atoms with van der Waals surface area (Å²) in [6.07, 6.45) is 0. The molecular weight excluding hydrogens is 222 g/mol. The van der Waals surface area contributed by atoms with E-state index in [0.29, 0.717) is 11.3 Å². The summed E-state index contributed by atoms with van der Waals surface area (Å²) in [6, 6.07) is 17.0. The van der Waals surface area contributed by atoms with Crippen LogP contribution in [-0.2, 0) is 0 Å². The molecule has 0 spiro atoms. The fraction of sp³-hybridized carbons (Fsp3) is 0.0625. The van der Waals surface area contributed by atoms with Crippen LogP contribution < -0.4 is 5.32 Å². The summed E-state index contributed by atoms with van der Waals surface area (Å²) in [5.74, 6) is -0.135. The number of nitrogens with one attached hydrogen (secondary N) is 1. The minimum absolute atomic E-state index is 0.135. The SMILES string of the molecule is C=C(NC(=O)c1ccc(C)cc1)c1ccccc1. The predicted octanol–water partition coefficient (Wildman–Crippen LogP) is 3.40. The number of aryl methyl sites for hydroxylation is 1. The zero-order valence-electron chi connectivity index (χ0n) is 10.3. The van der Waals surface area contributed by atoms with Crippen LogP contribution in [0, 0.1) is 6.92 Å². The molecule has 0 bridgehead atoms. The second kappa shape index (κ2) is 5.32. The Morgan fingerprint density at radius 2 is 1.56 bits per heavy atom. The van der Waals surface area contributed by atoms with Crippen LogP contribution in [-0.4, -0.2) is 5.91 Å². The summed E-state index contributed by atoms with van der Waals surface area (Å²) in [5.41, 5.74) is 3.30. The Labute approximate surface area is 107 Å². The van der Waals surface area contributed by atoms with Crippen molar-refractivity contribution in [3.05, 3.63) is 77.9 Å². The van der Waals surface area contributed by atoms with Gasteiger partial charge in [0.05, 0.1) is 0 Å². The smallest absolute Gasteiger partial charge is 0.255 e. The van der Waals surface area contributed by atoms with Crippen LogP contribution in [0.25, 0.3) is 5.70 Å². The van der Waals surface area contributed by atoms with Crippen LogP contribution in [0.4, 0.5) is 0 Å². The van der Waals surface area contributed by atoms with Gasteiger partial charge in [0.2, 0.25) is 0 Å². The largest absolute Gasteiger partial charge is 0.322 e. The standard InChI is InChI=1S/C16H15NO/c1-12-8-10-15(11-9-12)16(18)17-13(2)14-6-4-3-5-7-14/h3-11H,2H2,1H3,(H,17,18). The van der Waals surface area contributed by atoms with Crippen molar-refractivity contribution in [2.24, 2.45) is 0 Å². The summed E-state index contributed by atoms with van der Waals surface area (Å²) in [6.45, 7) is 5.87. The Morgan fingerprint density at radius 1 is 0.944 bits per heavy atom. The summed E-state index contributed by atoms with van der Waals surface area (Å²) in [4.78, 5) is 12.0. The highest BCUT2D eigenvalue weighted by molar-refractivity contribution is 5.99. The first kappa shape index (κ1) is 12.1. The van der Waals surface area contributed by atoms with Crippen molar-refractivity contribution < 1.29 is 4.79 Å². The molecule has 18 heavy (non-hydrogen) atoms. The number of rotatable bonds is 3. The van der Waals surface area contributed by atoms with E-state index in [4.69, 9.17) is 0 Å². The first-order valence-corrected chi connectivity index (χ1v) is 5.79. The average molecular weight is 237 g/mol. The lowest BCUT2D eigenvalue weighted by Gasteiger charge is -2.08. The molecule has 0 aliphatic rings. The maximum absolute atomic E-state index is 12.0. The number of hydrogen-bond acceptors (Lipinski definition) is 1. The van der Waals surface area contributed by atoms with E-state index in [1.807, 2.05) is 61.5 Å². The third kappa shape index (κ3) is 2.86. The molecular formula is C16H15NO. The molecule has 2 heteroatoms. The van der Waals surface area contributed by atoms with Gasteiger partial charge in [-0.3, -0.25) is 4.79 Å². The maximum Gasteiger partial charge on any atom is 0.255 e. The molecule has 0 unspecified atom stereocenters. The van der Waals surface area contributed by atoms with Crippen molar-refractivity contribution in [3.63, 3.8) is 0 Å². The zero-order chi connectivity index (χ0) is 13.0. The third-order valence-corrected chi connectivity index (χ3v) is 2.70. The van der Waals surface area contributed by atoms with Gasteiger partial charge in [-0.15, -0.1) is 0 Å². The second-order valence-corrected chi connectivity index (χ2v) is 4.16. The summed E-state index contributed by atoms with van der Waals surface area (Å²) >= 11 is 0. The maximum atomic E-state index is 12.0. The first-order valence-electron chi connectivity index (χ1n) is 5.79. The molecule has 2 rings (SSSR count). The minimum Gasteiger partial charge on any atom is -0.322 e. The molecule has 0 saturated carbocycles. The molecule has 0 radical (unpaired) electrons. The Kier molecular flexibility index (Phi) is 3.58. The highest BCUT2D eigenvalue weighted by atomic mass is 16.1. The monoisotopic (exact) mass is 237 g/mol. The van der Waals surface area contributed by atoms with Gasteiger partial charge in [-0.2, -0.15) is 0 Å². The topological polar surface area (TPSA) is 29.1 Å².